The summed E-state index contributed by atoms with van der Waals surface area (Å²) in [7, 11) is -6.96. The van der Waals surface area contributed by atoms with Crippen LogP contribution in [0.4, 0.5) is 5.69 Å². The van der Waals surface area contributed by atoms with E-state index < -0.39 is 24.8 Å². The van der Waals surface area contributed by atoms with Gasteiger partial charge in [-0.2, -0.15) is 0 Å². The molecule has 1 aromatic carbocycles. The molecule has 0 bridgehead atoms. The molecule has 0 aromatic heterocycles. The lowest BCUT2D eigenvalue weighted by atomic mass is 10.3. The Labute approximate surface area is 194 Å². The molecule has 1 aromatic rings. The zero-order valence-corrected chi connectivity index (χ0v) is 21.0. The van der Waals surface area contributed by atoms with Crippen molar-refractivity contribution in [3.63, 3.8) is 0 Å². The molecule has 14 heteroatoms. The SMILES string of the molecule is CCNC(=NCCNS(=O)(=O)c1cccc([N+](=O)[O-])c1)NC(C)CCS(C)(=O)=O.I. The highest BCUT2D eigenvalue weighted by Gasteiger charge is 2.17. The van der Waals surface area contributed by atoms with Crippen LogP contribution in [0.1, 0.15) is 20.3 Å². The molecule has 1 atom stereocenters. The van der Waals surface area contributed by atoms with Crippen LogP contribution in [0, 0.1) is 10.1 Å². The second-order valence-corrected chi connectivity index (χ2v) is 10.4. The van der Waals surface area contributed by atoms with Crippen LogP contribution < -0.4 is 15.4 Å². The fourth-order valence-electron chi connectivity index (χ4n) is 2.21. The fraction of sp³-hybridized carbons (Fsp3) is 0.562. The smallest absolute Gasteiger partial charge is 0.270 e. The molecule has 0 spiro atoms. The summed E-state index contributed by atoms with van der Waals surface area (Å²) in [6, 6.07) is 4.62. The van der Waals surface area contributed by atoms with E-state index in [2.05, 4.69) is 20.3 Å². The molecule has 0 radical (unpaired) electrons. The van der Waals surface area contributed by atoms with E-state index >= 15 is 0 Å². The maximum Gasteiger partial charge on any atom is 0.270 e. The standard InChI is InChI=1S/C16H27N5O6S2.HI/c1-4-17-16(20-13(2)8-11-28(3,24)25)18-9-10-19-29(26,27)15-7-5-6-14(12-15)21(22)23;/h5-7,12-13,19H,4,8-11H2,1-3H3,(H2,17,18,20);1H. The van der Waals surface area contributed by atoms with Crippen LogP contribution in [-0.4, -0.2) is 65.4 Å². The number of halogens is 1. The van der Waals surface area contributed by atoms with Crippen LogP contribution in [0.15, 0.2) is 34.2 Å². The van der Waals surface area contributed by atoms with Crippen LogP contribution in [-0.2, 0) is 19.9 Å². The molecule has 0 heterocycles. The minimum atomic E-state index is -3.91. The summed E-state index contributed by atoms with van der Waals surface area (Å²) in [4.78, 5) is 14.2. The first-order chi connectivity index (χ1) is 13.4. The van der Waals surface area contributed by atoms with Crippen molar-refractivity contribution in [2.24, 2.45) is 4.99 Å². The van der Waals surface area contributed by atoms with Crippen molar-refractivity contribution in [3.8, 4) is 0 Å². The van der Waals surface area contributed by atoms with Gasteiger partial charge in [0.25, 0.3) is 5.69 Å². The summed E-state index contributed by atoms with van der Waals surface area (Å²) in [6.07, 6.45) is 1.58. The molecule has 0 aliphatic rings. The second kappa shape index (κ2) is 13.0. The van der Waals surface area contributed by atoms with Crippen LogP contribution >= 0.6 is 24.0 Å². The van der Waals surface area contributed by atoms with Crippen molar-refractivity contribution in [3.05, 3.63) is 34.4 Å². The van der Waals surface area contributed by atoms with Gasteiger partial charge in [-0.3, -0.25) is 15.1 Å². The molecule has 11 nitrogen and oxygen atoms in total. The van der Waals surface area contributed by atoms with E-state index in [4.69, 9.17) is 0 Å². The maximum atomic E-state index is 12.3. The molecule has 172 valence electrons. The molecule has 30 heavy (non-hydrogen) atoms. The highest BCUT2D eigenvalue weighted by Crippen LogP contribution is 2.16. The van der Waals surface area contributed by atoms with Gasteiger partial charge >= 0.3 is 0 Å². The van der Waals surface area contributed by atoms with Gasteiger partial charge in [0.1, 0.15) is 9.84 Å². The van der Waals surface area contributed by atoms with Gasteiger partial charge in [0, 0.05) is 37.5 Å². The summed E-state index contributed by atoms with van der Waals surface area (Å²) in [5.41, 5.74) is -0.312. The average Bonchev–Trinajstić information content (AvgIpc) is 2.63. The van der Waals surface area contributed by atoms with E-state index in [9.17, 15) is 26.9 Å². The van der Waals surface area contributed by atoms with Gasteiger partial charge < -0.3 is 10.6 Å². The number of nitro benzene ring substituents is 1. The maximum absolute atomic E-state index is 12.3. The lowest BCUT2D eigenvalue weighted by Crippen LogP contribution is -2.43. The second-order valence-electron chi connectivity index (χ2n) is 6.38. The van der Waals surface area contributed by atoms with Crippen molar-refractivity contribution in [2.75, 3.05) is 31.6 Å². The van der Waals surface area contributed by atoms with Gasteiger partial charge in [-0.05, 0) is 26.3 Å². The lowest BCUT2D eigenvalue weighted by Gasteiger charge is -2.17. The highest BCUT2D eigenvalue weighted by atomic mass is 127. The monoisotopic (exact) mass is 577 g/mol. The number of non-ortho nitro benzene ring substituents is 1. The minimum absolute atomic E-state index is 0. The first-order valence-corrected chi connectivity index (χ1v) is 12.5. The Balaban J connectivity index is 0.00000841. The highest BCUT2D eigenvalue weighted by molar-refractivity contribution is 14.0. The Hall–Kier alpha value is -1.52. The summed E-state index contributed by atoms with van der Waals surface area (Å²) in [5.74, 6) is 0.479. The summed E-state index contributed by atoms with van der Waals surface area (Å²) < 4.78 is 49.4. The average molecular weight is 577 g/mol. The number of nitrogens with one attached hydrogen (secondary N) is 3. The van der Waals surface area contributed by atoms with Gasteiger partial charge in [0.05, 0.1) is 22.1 Å². The Morgan fingerprint density at radius 1 is 1.27 bits per heavy atom. The van der Waals surface area contributed by atoms with E-state index in [1.165, 1.54) is 24.5 Å². The Bertz CT molecular complexity index is 937. The van der Waals surface area contributed by atoms with Crippen molar-refractivity contribution in [1.29, 1.82) is 0 Å². The van der Waals surface area contributed by atoms with Crippen molar-refractivity contribution < 1.29 is 21.8 Å². The number of nitro groups is 1. The van der Waals surface area contributed by atoms with Crippen LogP contribution in [0.25, 0.3) is 0 Å². The predicted molar refractivity (Wildman–Crippen MR) is 127 cm³/mol. The predicted octanol–water partition coefficient (Wildman–Crippen LogP) is 0.869. The molecule has 1 rings (SSSR count). The quantitative estimate of drug-likeness (QED) is 0.0873. The number of aliphatic imine (C=N–C) groups is 1. The Morgan fingerprint density at radius 2 is 1.93 bits per heavy atom. The molecular formula is C16H28IN5O6S2. The van der Waals surface area contributed by atoms with Crippen LogP contribution in [0.3, 0.4) is 0 Å². The van der Waals surface area contributed by atoms with Gasteiger partial charge in [-0.25, -0.2) is 21.6 Å². The fourth-order valence-corrected chi connectivity index (χ4v) is 4.05. The number of hydrogen-bond acceptors (Lipinski definition) is 7. The normalized spacial score (nSPS) is 13.2. The third-order valence-electron chi connectivity index (χ3n) is 3.66. The Morgan fingerprint density at radius 3 is 2.50 bits per heavy atom. The zero-order valence-electron chi connectivity index (χ0n) is 17.0. The Kier molecular flexibility index (Phi) is 12.4. The molecule has 0 aliphatic carbocycles. The lowest BCUT2D eigenvalue weighted by molar-refractivity contribution is -0.385. The zero-order chi connectivity index (χ0) is 22.1. The van der Waals surface area contributed by atoms with E-state index in [1.807, 2.05) is 13.8 Å². The molecule has 0 saturated heterocycles. The van der Waals surface area contributed by atoms with Crippen LogP contribution in [0.5, 0.6) is 0 Å². The van der Waals surface area contributed by atoms with Crippen molar-refractivity contribution in [1.82, 2.24) is 15.4 Å². The van der Waals surface area contributed by atoms with E-state index in [0.29, 0.717) is 18.9 Å². The van der Waals surface area contributed by atoms with Gasteiger partial charge in [-0.1, -0.05) is 6.07 Å². The third-order valence-corrected chi connectivity index (χ3v) is 6.10. The third kappa shape index (κ3) is 11.0. The van der Waals surface area contributed by atoms with E-state index in [-0.39, 0.29) is 59.4 Å². The molecule has 1 unspecified atom stereocenters. The molecule has 3 N–H and O–H groups in total. The van der Waals surface area contributed by atoms with E-state index in [0.717, 1.165) is 6.07 Å². The first-order valence-electron chi connectivity index (χ1n) is 8.91. The summed E-state index contributed by atoms with van der Waals surface area (Å²) in [6.45, 7) is 4.36. The van der Waals surface area contributed by atoms with Gasteiger partial charge in [-0.15, -0.1) is 24.0 Å². The topological polar surface area (TPSA) is 160 Å². The van der Waals surface area contributed by atoms with Gasteiger partial charge in [0.15, 0.2) is 5.96 Å². The number of guanidine groups is 1. The summed E-state index contributed by atoms with van der Waals surface area (Å²) >= 11 is 0. The van der Waals surface area contributed by atoms with Crippen molar-refractivity contribution in [2.45, 2.75) is 31.2 Å². The number of benzene rings is 1. The molecular weight excluding hydrogens is 549 g/mol. The minimum Gasteiger partial charge on any atom is -0.357 e. The van der Waals surface area contributed by atoms with Gasteiger partial charge in [0.2, 0.25) is 10.0 Å². The molecule has 0 saturated carbocycles. The van der Waals surface area contributed by atoms with E-state index in [1.54, 1.807) is 0 Å². The summed E-state index contributed by atoms with van der Waals surface area (Å²) in [5, 5.41) is 16.9. The van der Waals surface area contributed by atoms with Crippen molar-refractivity contribution >= 4 is 55.5 Å². The molecule has 0 aliphatic heterocycles. The number of hydrogen-bond donors (Lipinski definition) is 3. The van der Waals surface area contributed by atoms with Crippen LogP contribution in [0.2, 0.25) is 0 Å². The molecule has 0 amide bonds. The number of sulfonamides is 1. The first kappa shape index (κ1) is 28.5. The molecule has 0 fully saturated rings. The number of rotatable bonds is 11. The number of sulfone groups is 1. The largest absolute Gasteiger partial charge is 0.357 e. The number of nitrogens with zero attached hydrogens (tertiary/aromatic N) is 2.